The van der Waals surface area contributed by atoms with Gasteiger partial charge in [0.25, 0.3) is 5.91 Å². The molecule has 0 saturated carbocycles. The third-order valence-electron chi connectivity index (χ3n) is 5.56. The lowest BCUT2D eigenvalue weighted by Crippen LogP contribution is -2.23. The van der Waals surface area contributed by atoms with E-state index in [4.69, 9.17) is 10.3 Å². The molecule has 1 unspecified atom stereocenters. The summed E-state index contributed by atoms with van der Waals surface area (Å²) in [5.41, 5.74) is 9.56. The van der Waals surface area contributed by atoms with Gasteiger partial charge in [-0.05, 0) is 41.5 Å². The summed E-state index contributed by atoms with van der Waals surface area (Å²) in [4.78, 5) is 12.7. The van der Waals surface area contributed by atoms with E-state index in [0.29, 0.717) is 28.8 Å². The van der Waals surface area contributed by atoms with Crippen molar-refractivity contribution in [1.82, 2.24) is 10.5 Å². The van der Waals surface area contributed by atoms with Gasteiger partial charge < -0.3 is 25.8 Å². The Bertz CT molecular complexity index is 1100. The maximum Gasteiger partial charge on any atom is 0.274 e. The largest absolute Gasteiger partial charge is 0.508 e. The van der Waals surface area contributed by atoms with E-state index in [1.54, 1.807) is 6.07 Å². The summed E-state index contributed by atoms with van der Waals surface area (Å²) in [6.07, 6.45) is 0. The molecule has 1 atom stereocenters. The molecule has 0 aliphatic carbocycles. The van der Waals surface area contributed by atoms with Crippen LogP contribution in [0, 0.1) is 5.92 Å². The molecule has 5 N–H and O–H groups in total. The van der Waals surface area contributed by atoms with Crippen LogP contribution < -0.4 is 11.1 Å². The molecule has 3 aromatic rings. The molecular weight excluding hydrogens is 406 g/mol. The van der Waals surface area contributed by atoms with Crippen molar-refractivity contribution in [3.8, 4) is 33.9 Å². The van der Waals surface area contributed by atoms with Gasteiger partial charge in [0.1, 0.15) is 11.5 Å². The van der Waals surface area contributed by atoms with Gasteiger partial charge >= 0.3 is 0 Å². The summed E-state index contributed by atoms with van der Waals surface area (Å²) < 4.78 is 5.60. The van der Waals surface area contributed by atoms with Gasteiger partial charge in [-0.3, -0.25) is 4.79 Å². The maximum atomic E-state index is 12.7. The van der Waals surface area contributed by atoms with E-state index in [9.17, 15) is 15.0 Å². The SMILES string of the molecule is CCNC(=O)c1noc(-c2cc(C(C)C)c(O)cc2O)c1-c1ccc(C(N)C(C)C)cc1. The molecule has 2 aromatic carbocycles. The first-order valence-corrected chi connectivity index (χ1v) is 10.9. The molecule has 0 aliphatic rings. The van der Waals surface area contributed by atoms with Gasteiger partial charge in [0, 0.05) is 18.7 Å². The van der Waals surface area contributed by atoms with Crippen LogP contribution in [0.15, 0.2) is 40.9 Å². The van der Waals surface area contributed by atoms with Gasteiger partial charge in [-0.2, -0.15) is 0 Å². The zero-order chi connectivity index (χ0) is 23.6. The Morgan fingerprint density at radius 2 is 1.75 bits per heavy atom. The van der Waals surface area contributed by atoms with Crippen LogP contribution in [0.25, 0.3) is 22.5 Å². The summed E-state index contributed by atoms with van der Waals surface area (Å²) in [5, 5.41) is 27.6. The van der Waals surface area contributed by atoms with Crippen LogP contribution in [0.2, 0.25) is 0 Å². The summed E-state index contributed by atoms with van der Waals surface area (Å²) in [5.74, 6) is 0.0135. The monoisotopic (exact) mass is 437 g/mol. The zero-order valence-electron chi connectivity index (χ0n) is 19.1. The molecule has 32 heavy (non-hydrogen) atoms. The third kappa shape index (κ3) is 4.48. The number of carbonyl (C=O) groups is 1. The number of aromatic nitrogens is 1. The highest BCUT2D eigenvalue weighted by Gasteiger charge is 2.27. The van der Waals surface area contributed by atoms with E-state index in [1.165, 1.54) is 6.07 Å². The minimum Gasteiger partial charge on any atom is -0.508 e. The number of aromatic hydroxyl groups is 2. The molecule has 170 valence electrons. The Labute approximate surface area is 188 Å². The Balaban J connectivity index is 2.20. The zero-order valence-corrected chi connectivity index (χ0v) is 19.1. The maximum absolute atomic E-state index is 12.7. The molecule has 1 heterocycles. The van der Waals surface area contributed by atoms with Crippen LogP contribution >= 0.6 is 0 Å². The van der Waals surface area contributed by atoms with Gasteiger partial charge in [-0.1, -0.05) is 57.1 Å². The predicted molar refractivity (Wildman–Crippen MR) is 125 cm³/mol. The highest BCUT2D eigenvalue weighted by molar-refractivity contribution is 6.02. The quantitative estimate of drug-likeness (QED) is 0.415. The Hall–Kier alpha value is -3.32. The van der Waals surface area contributed by atoms with Crippen LogP contribution in [0.5, 0.6) is 11.5 Å². The first-order valence-electron chi connectivity index (χ1n) is 10.9. The minimum absolute atomic E-state index is 0.00158. The molecule has 7 nitrogen and oxygen atoms in total. The first-order chi connectivity index (χ1) is 15.1. The van der Waals surface area contributed by atoms with Crippen molar-refractivity contribution in [1.29, 1.82) is 0 Å². The van der Waals surface area contributed by atoms with Crippen LogP contribution in [0.4, 0.5) is 0 Å². The second-order valence-electron chi connectivity index (χ2n) is 8.57. The number of benzene rings is 2. The van der Waals surface area contributed by atoms with Gasteiger partial charge in [0.15, 0.2) is 11.5 Å². The average Bonchev–Trinajstić information content (AvgIpc) is 3.18. The van der Waals surface area contributed by atoms with Crippen molar-refractivity contribution >= 4 is 5.91 Å². The molecule has 0 radical (unpaired) electrons. The van der Waals surface area contributed by atoms with E-state index in [2.05, 4.69) is 24.3 Å². The minimum atomic E-state index is -0.372. The second kappa shape index (κ2) is 9.44. The van der Waals surface area contributed by atoms with E-state index in [-0.39, 0.29) is 46.7 Å². The summed E-state index contributed by atoms with van der Waals surface area (Å²) in [6, 6.07) is 10.4. The van der Waals surface area contributed by atoms with Gasteiger partial charge in [0.05, 0.1) is 11.1 Å². The topological polar surface area (TPSA) is 122 Å². The van der Waals surface area contributed by atoms with E-state index < -0.39 is 0 Å². The van der Waals surface area contributed by atoms with Crippen molar-refractivity contribution in [2.45, 2.75) is 46.6 Å². The Morgan fingerprint density at radius 3 is 2.31 bits per heavy atom. The van der Waals surface area contributed by atoms with Gasteiger partial charge in [-0.15, -0.1) is 0 Å². The fourth-order valence-corrected chi connectivity index (χ4v) is 3.64. The third-order valence-corrected chi connectivity index (χ3v) is 5.56. The molecule has 1 amide bonds. The lowest BCUT2D eigenvalue weighted by molar-refractivity contribution is 0.0947. The highest BCUT2D eigenvalue weighted by atomic mass is 16.5. The highest BCUT2D eigenvalue weighted by Crippen LogP contribution is 2.43. The summed E-state index contributed by atoms with van der Waals surface area (Å²) >= 11 is 0. The van der Waals surface area contributed by atoms with Crippen molar-refractivity contribution in [2.75, 3.05) is 6.54 Å². The Kier molecular flexibility index (Phi) is 6.89. The lowest BCUT2D eigenvalue weighted by Gasteiger charge is -2.16. The lowest BCUT2D eigenvalue weighted by atomic mass is 9.92. The summed E-state index contributed by atoms with van der Waals surface area (Å²) in [7, 11) is 0. The number of carbonyl (C=O) groups excluding carboxylic acids is 1. The van der Waals surface area contributed by atoms with E-state index in [1.807, 2.05) is 45.0 Å². The van der Waals surface area contributed by atoms with Crippen LogP contribution in [-0.2, 0) is 0 Å². The fourth-order valence-electron chi connectivity index (χ4n) is 3.64. The molecule has 0 bridgehead atoms. The molecule has 1 aromatic heterocycles. The molecule has 0 aliphatic heterocycles. The predicted octanol–water partition coefficient (Wildman–Crippen LogP) is 4.95. The number of nitrogens with zero attached hydrogens (tertiary/aromatic N) is 1. The number of hydrogen-bond acceptors (Lipinski definition) is 6. The van der Waals surface area contributed by atoms with Crippen molar-refractivity contribution < 1.29 is 19.5 Å². The van der Waals surface area contributed by atoms with Crippen molar-refractivity contribution in [2.24, 2.45) is 11.7 Å². The first kappa shape index (κ1) is 23.3. The van der Waals surface area contributed by atoms with E-state index >= 15 is 0 Å². The Morgan fingerprint density at radius 1 is 1.09 bits per heavy atom. The van der Waals surface area contributed by atoms with Gasteiger partial charge in [-0.25, -0.2) is 0 Å². The molecular formula is C25H31N3O4. The second-order valence-corrected chi connectivity index (χ2v) is 8.57. The number of amides is 1. The van der Waals surface area contributed by atoms with Crippen LogP contribution in [0.3, 0.4) is 0 Å². The number of rotatable bonds is 7. The van der Waals surface area contributed by atoms with Gasteiger partial charge in [0.2, 0.25) is 0 Å². The molecule has 7 heteroatoms. The normalized spacial score (nSPS) is 12.4. The van der Waals surface area contributed by atoms with Crippen LogP contribution in [-0.4, -0.2) is 27.8 Å². The van der Waals surface area contributed by atoms with Crippen molar-refractivity contribution in [3.63, 3.8) is 0 Å². The molecule has 0 saturated heterocycles. The van der Waals surface area contributed by atoms with Crippen LogP contribution in [0.1, 0.15) is 68.2 Å². The number of hydrogen-bond donors (Lipinski definition) is 4. The van der Waals surface area contributed by atoms with Crippen molar-refractivity contribution in [3.05, 3.63) is 53.2 Å². The summed E-state index contributed by atoms with van der Waals surface area (Å²) in [6.45, 7) is 10.3. The fraction of sp³-hybridized carbons (Fsp3) is 0.360. The average molecular weight is 438 g/mol. The smallest absolute Gasteiger partial charge is 0.274 e. The number of phenols is 2. The number of phenolic OH excluding ortho intramolecular Hbond substituents is 2. The molecule has 0 spiro atoms. The standard InChI is InChI=1S/C25H31N3O4/c1-6-27-25(31)23-21(15-7-9-16(10-8-15)22(26)14(4)5)24(32-28-23)18-11-17(13(2)3)19(29)12-20(18)30/h7-14,22,29-30H,6,26H2,1-5H3,(H,27,31). The number of nitrogens with two attached hydrogens (primary N) is 1. The number of nitrogens with one attached hydrogen (secondary N) is 1. The molecule has 0 fully saturated rings. The molecule has 3 rings (SSSR count). The van der Waals surface area contributed by atoms with E-state index in [0.717, 1.165) is 5.56 Å².